The van der Waals surface area contributed by atoms with Crippen molar-refractivity contribution >= 4 is 29.3 Å². The highest BCUT2D eigenvalue weighted by Crippen LogP contribution is 2.28. The van der Waals surface area contributed by atoms with Gasteiger partial charge in [0.1, 0.15) is 0 Å². The highest BCUT2D eigenvalue weighted by molar-refractivity contribution is 7.99. The second-order valence-electron chi connectivity index (χ2n) is 5.67. The second-order valence-corrected chi connectivity index (χ2v) is 7.25. The van der Waals surface area contributed by atoms with E-state index in [1.54, 1.807) is 24.3 Å². The lowest BCUT2D eigenvalue weighted by atomic mass is 9.94. The molecule has 120 valence electrons. The molecule has 0 aliphatic heterocycles. The zero-order chi connectivity index (χ0) is 15.9. The Bertz CT molecular complexity index is 514. The number of hydrogen-bond donors (Lipinski definition) is 2. The Kier molecular flexibility index (Phi) is 6.31. The Morgan fingerprint density at radius 2 is 1.95 bits per heavy atom. The molecule has 2 N–H and O–H groups in total. The van der Waals surface area contributed by atoms with Gasteiger partial charge in [-0.3, -0.25) is 9.59 Å². The Hall–Kier alpha value is -1.49. The summed E-state index contributed by atoms with van der Waals surface area (Å²) < 4.78 is 0. The van der Waals surface area contributed by atoms with Gasteiger partial charge in [0.05, 0.1) is 0 Å². The van der Waals surface area contributed by atoms with Crippen molar-refractivity contribution in [3.05, 3.63) is 29.8 Å². The fraction of sp³-hybridized carbons (Fsp3) is 0.529. The maximum absolute atomic E-state index is 12.3. The number of carbonyl (C=O) groups excluding carboxylic acids is 2. The number of hydrogen-bond acceptors (Lipinski definition) is 3. The van der Waals surface area contributed by atoms with Crippen LogP contribution in [0, 0.1) is 0 Å². The summed E-state index contributed by atoms with van der Waals surface area (Å²) in [5, 5.41) is 6.52. The average Bonchev–Trinajstić information content (AvgIpc) is 2.48. The van der Waals surface area contributed by atoms with Crippen molar-refractivity contribution in [2.45, 2.75) is 50.8 Å². The molecular weight excluding hydrogens is 296 g/mol. The summed E-state index contributed by atoms with van der Waals surface area (Å²) in [5.74, 6) is 0.996. The van der Waals surface area contributed by atoms with E-state index in [1.807, 2.05) is 11.8 Å². The molecule has 2 amide bonds. The number of anilines is 1. The van der Waals surface area contributed by atoms with Gasteiger partial charge in [0.15, 0.2) is 0 Å². The standard InChI is InChI=1S/C17H24N2O2S/c1-3-22-16-6-4-5-15(11-16)19-17(21)13-7-9-14(10-8-13)18-12(2)20/h7-10,15-16H,3-6,11H2,1-2H3,(H,18,20)(H,19,21)/t15-,16+/m1/s1. The number of rotatable bonds is 5. The van der Waals surface area contributed by atoms with E-state index in [4.69, 9.17) is 0 Å². The molecule has 1 aliphatic carbocycles. The molecule has 1 saturated carbocycles. The van der Waals surface area contributed by atoms with Crippen LogP contribution in [0.1, 0.15) is 49.9 Å². The van der Waals surface area contributed by atoms with Gasteiger partial charge in [-0.2, -0.15) is 11.8 Å². The van der Waals surface area contributed by atoms with Crippen LogP contribution in [0.25, 0.3) is 0 Å². The van der Waals surface area contributed by atoms with E-state index in [0.29, 0.717) is 16.5 Å². The lowest BCUT2D eigenvalue weighted by molar-refractivity contribution is -0.114. The minimum atomic E-state index is -0.112. The summed E-state index contributed by atoms with van der Waals surface area (Å²) in [4.78, 5) is 23.3. The Labute approximate surface area is 136 Å². The van der Waals surface area contributed by atoms with Crippen molar-refractivity contribution in [2.75, 3.05) is 11.1 Å². The van der Waals surface area contributed by atoms with Crippen LogP contribution in [-0.2, 0) is 4.79 Å². The molecular formula is C17H24N2O2S. The van der Waals surface area contributed by atoms with Crippen molar-refractivity contribution in [3.8, 4) is 0 Å². The smallest absolute Gasteiger partial charge is 0.251 e. The quantitative estimate of drug-likeness (QED) is 0.874. The van der Waals surface area contributed by atoms with Gasteiger partial charge in [-0.05, 0) is 49.3 Å². The molecule has 0 aromatic heterocycles. The first-order valence-corrected chi connectivity index (χ1v) is 8.93. The van der Waals surface area contributed by atoms with Crippen LogP contribution in [0.3, 0.4) is 0 Å². The fourth-order valence-electron chi connectivity index (χ4n) is 2.84. The van der Waals surface area contributed by atoms with Crippen molar-refractivity contribution in [1.82, 2.24) is 5.32 Å². The van der Waals surface area contributed by atoms with Gasteiger partial charge >= 0.3 is 0 Å². The predicted octanol–water partition coefficient (Wildman–Crippen LogP) is 3.44. The Morgan fingerprint density at radius 3 is 2.59 bits per heavy atom. The Balaban J connectivity index is 1.89. The first kappa shape index (κ1) is 16.9. The maximum atomic E-state index is 12.3. The molecule has 0 heterocycles. The van der Waals surface area contributed by atoms with Crippen LogP contribution < -0.4 is 10.6 Å². The first-order valence-electron chi connectivity index (χ1n) is 7.88. The van der Waals surface area contributed by atoms with Gasteiger partial charge in [-0.15, -0.1) is 0 Å². The minimum absolute atomic E-state index is 0.0264. The van der Waals surface area contributed by atoms with E-state index in [-0.39, 0.29) is 17.9 Å². The summed E-state index contributed by atoms with van der Waals surface area (Å²) in [7, 11) is 0. The number of thioether (sulfide) groups is 1. The van der Waals surface area contributed by atoms with E-state index < -0.39 is 0 Å². The van der Waals surface area contributed by atoms with E-state index in [0.717, 1.165) is 18.6 Å². The van der Waals surface area contributed by atoms with Crippen LogP contribution in [0.4, 0.5) is 5.69 Å². The molecule has 0 radical (unpaired) electrons. The summed E-state index contributed by atoms with van der Waals surface area (Å²) in [6.45, 7) is 3.65. The number of benzene rings is 1. The molecule has 0 bridgehead atoms. The molecule has 1 aliphatic rings. The number of nitrogens with one attached hydrogen (secondary N) is 2. The zero-order valence-electron chi connectivity index (χ0n) is 13.2. The van der Waals surface area contributed by atoms with Crippen molar-refractivity contribution < 1.29 is 9.59 Å². The summed E-state index contributed by atoms with van der Waals surface area (Å²) in [6.07, 6.45) is 4.57. The van der Waals surface area contributed by atoms with Crippen LogP contribution in [-0.4, -0.2) is 28.9 Å². The van der Waals surface area contributed by atoms with Crippen LogP contribution in [0.2, 0.25) is 0 Å². The third-order valence-corrected chi connectivity index (χ3v) is 5.06. The molecule has 0 spiro atoms. The molecule has 2 atom stereocenters. The molecule has 1 fully saturated rings. The lowest BCUT2D eigenvalue weighted by Gasteiger charge is -2.29. The van der Waals surface area contributed by atoms with E-state index in [1.165, 1.54) is 19.8 Å². The fourth-order valence-corrected chi connectivity index (χ4v) is 4.01. The van der Waals surface area contributed by atoms with E-state index in [2.05, 4.69) is 17.6 Å². The topological polar surface area (TPSA) is 58.2 Å². The van der Waals surface area contributed by atoms with Gasteiger partial charge in [0.25, 0.3) is 5.91 Å². The predicted molar refractivity (Wildman–Crippen MR) is 92.4 cm³/mol. The van der Waals surface area contributed by atoms with Crippen LogP contribution in [0.5, 0.6) is 0 Å². The normalized spacial score (nSPS) is 21.2. The Morgan fingerprint density at radius 1 is 1.23 bits per heavy atom. The lowest BCUT2D eigenvalue weighted by Crippen LogP contribution is -2.39. The van der Waals surface area contributed by atoms with Crippen molar-refractivity contribution in [3.63, 3.8) is 0 Å². The second kappa shape index (κ2) is 8.22. The maximum Gasteiger partial charge on any atom is 0.251 e. The first-order chi connectivity index (χ1) is 10.6. The van der Waals surface area contributed by atoms with Crippen LogP contribution >= 0.6 is 11.8 Å². The molecule has 0 saturated heterocycles. The zero-order valence-corrected chi connectivity index (χ0v) is 14.0. The highest BCUT2D eigenvalue weighted by atomic mass is 32.2. The van der Waals surface area contributed by atoms with E-state index >= 15 is 0 Å². The monoisotopic (exact) mass is 320 g/mol. The van der Waals surface area contributed by atoms with E-state index in [9.17, 15) is 9.59 Å². The molecule has 22 heavy (non-hydrogen) atoms. The third-order valence-electron chi connectivity index (χ3n) is 3.83. The van der Waals surface area contributed by atoms with Gasteiger partial charge in [-0.1, -0.05) is 13.3 Å². The summed E-state index contributed by atoms with van der Waals surface area (Å²) in [6, 6.07) is 7.30. The largest absolute Gasteiger partial charge is 0.349 e. The summed E-state index contributed by atoms with van der Waals surface area (Å²) >= 11 is 1.99. The molecule has 0 unspecified atom stereocenters. The molecule has 5 heteroatoms. The minimum Gasteiger partial charge on any atom is -0.349 e. The van der Waals surface area contributed by atoms with Crippen LogP contribution in [0.15, 0.2) is 24.3 Å². The van der Waals surface area contributed by atoms with Gasteiger partial charge in [0, 0.05) is 29.5 Å². The van der Waals surface area contributed by atoms with Gasteiger partial charge in [0.2, 0.25) is 5.91 Å². The number of amides is 2. The summed E-state index contributed by atoms with van der Waals surface area (Å²) in [5.41, 5.74) is 1.35. The van der Waals surface area contributed by atoms with Crippen molar-refractivity contribution in [1.29, 1.82) is 0 Å². The molecule has 1 aromatic rings. The highest BCUT2D eigenvalue weighted by Gasteiger charge is 2.23. The average molecular weight is 320 g/mol. The van der Waals surface area contributed by atoms with Gasteiger partial charge < -0.3 is 10.6 Å². The number of carbonyl (C=O) groups is 2. The molecule has 4 nitrogen and oxygen atoms in total. The molecule has 1 aromatic carbocycles. The third kappa shape index (κ3) is 5.05. The van der Waals surface area contributed by atoms with Crippen molar-refractivity contribution in [2.24, 2.45) is 0 Å². The SMILES string of the molecule is CCS[C@H]1CCC[C@@H](NC(=O)c2ccc(NC(C)=O)cc2)C1. The van der Waals surface area contributed by atoms with Gasteiger partial charge in [-0.25, -0.2) is 0 Å². The molecule has 2 rings (SSSR count).